The first-order valence-corrected chi connectivity index (χ1v) is 8.21. The van der Waals surface area contributed by atoms with Crippen molar-refractivity contribution in [1.29, 1.82) is 0 Å². The number of nitrogens with one attached hydrogen (secondary N) is 1. The van der Waals surface area contributed by atoms with Crippen molar-refractivity contribution < 1.29 is 9.90 Å². The average molecular weight is 506 g/mol. The van der Waals surface area contributed by atoms with Crippen molar-refractivity contribution in [2.24, 2.45) is 5.10 Å². The predicted molar refractivity (Wildman–Crippen MR) is 101 cm³/mol. The predicted octanol–water partition coefficient (Wildman–Crippen LogP) is 4.35. The standard InChI is InChI=1S/C15H12I2N2O2/c1-9-13(16)6-10(7-14(9)17)8-18-19-12-4-2-11(3-5-12)15(20)21/h2-8,19H,1H3,(H,20,21)/b18-8-. The van der Waals surface area contributed by atoms with Gasteiger partial charge >= 0.3 is 5.97 Å². The van der Waals surface area contributed by atoms with Crippen molar-refractivity contribution in [3.63, 3.8) is 0 Å². The highest BCUT2D eigenvalue weighted by Crippen LogP contribution is 2.19. The van der Waals surface area contributed by atoms with Crippen LogP contribution in [-0.4, -0.2) is 17.3 Å². The molecule has 0 aliphatic rings. The maximum Gasteiger partial charge on any atom is 0.335 e. The SMILES string of the molecule is Cc1c(I)cc(/C=N\Nc2ccc(C(=O)O)cc2)cc1I. The molecule has 0 unspecified atom stereocenters. The molecule has 0 spiro atoms. The van der Waals surface area contributed by atoms with Gasteiger partial charge < -0.3 is 5.11 Å². The number of carboxylic acids is 1. The van der Waals surface area contributed by atoms with Gasteiger partial charge in [0.05, 0.1) is 17.5 Å². The van der Waals surface area contributed by atoms with Gasteiger partial charge in [0, 0.05) is 7.14 Å². The van der Waals surface area contributed by atoms with Gasteiger partial charge in [-0.1, -0.05) is 0 Å². The summed E-state index contributed by atoms with van der Waals surface area (Å²) in [5, 5.41) is 13.0. The number of nitrogens with zero attached hydrogens (tertiary/aromatic N) is 1. The number of halogens is 2. The van der Waals surface area contributed by atoms with Gasteiger partial charge in [-0.15, -0.1) is 0 Å². The number of benzene rings is 2. The van der Waals surface area contributed by atoms with Crippen LogP contribution >= 0.6 is 45.2 Å². The van der Waals surface area contributed by atoms with Crippen molar-refractivity contribution in [2.75, 3.05) is 5.43 Å². The number of hydrazone groups is 1. The van der Waals surface area contributed by atoms with E-state index in [1.807, 2.05) is 0 Å². The monoisotopic (exact) mass is 506 g/mol. The molecule has 0 heterocycles. The van der Waals surface area contributed by atoms with Crippen molar-refractivity contribution >= 4 is 63.1 Å². The first-order valence-electron chi connectivity index (χ1n) is 6.05. The summed E-state index contributed by atoms with van der Waals surface area (Å²) in [4.78, 5) is 10.8. The Hall–Kier alpha value is -1.16. The molecule has 2 aromatic rings. The van der Waals surface area contributed by atoms with Gasteiger partial charge in [0.2, 0.25) is 0 Å². The molecule has 0 saturated heterocycles. The summed E-state index contributed by atoms with van der Waals surface area (Å²) < 4.78 is 2.40. The van der Waals surface area contributed by atoms with Crippen LogP contribution in [0.25, 0.3) is 0 Å². The van der Waals surface area contributed by atoms with Gasteiger partial charge in [0.15, 0.2) is 0 Å². The Morgan fingerprint density at radius 2 is 1.76 bits per heavy atom. The minimum absolute atomic E-state index is 0.257. The zero-order valence-electron chi connectivity index (χ0n) is 11.1. The molecular weight excluding hydrogens is 494 g/mol. The third kappa shape index (κ3) is 4.40. The van der Waals surface area contributed by atoms with Crippen molar-refractivity contribution in [3.05, 3.63) is 60.2 Å². The largest absolute Gasteiger partial charge is 0.478 e. The van der Waals surface area contributed by atoms with Crippen LogP contribution in [0, 0.1) is 14.1 Å². The number of hydrogen-bond acceptors (Lipinski definition) is 3. The maximum absolute atomic E-state index is 10.8. The van der Waals surface area contributed by atoms with E-state index >= 15 is 0 Å². The smallest absolute Gasteiger partial charge is 0.335 e. The van der Waals surface area contributed by atoms with Crippen molar-refractivity contribution in [3.8, 4) is 0 Å². The summed E-state index contributed by atoms with van der Waals surface area (Å²) >= 11 is 4.61. The third-order valence-corrected chi connectivity index (χ3v) is 5.08. The maximum atomic E-state index is 10.8. The van der Waals surface area contributed by atoms with Crippen LogP contribution in [0.3, 0.4) is 0 Å². The highest BCUT2D eigenvalue weighted by Gasteiger charge is 2.02. The Kier molecular flexibility index (Phi) is 5.57. The summed E-state index contributed by atoms with van der Waals surface area (Å²) in [5.41, 5.74) is 6.17. The number of carboxylic acid groups (broad SMARTS) is 1. The summed E-state index contributed by atoms with van der Waals surface area (Å²) in [6.07, 6.45) is 1.74. The molecule has 0 bridgehead atoms. The highest BCUT2D eigenvalue weighted by atomic mass is 127. The van der Waals surface area contributed by atoms with Crippen LogP contribution in [0.2, 0.25) is 0 Å². The summed E-state index contributed by atoms with van der Waals surface area (Å²) in [6, 6.07) is 10.6. The second-order valence-corrected chi connectivity index (χ2v) is 6.69. The molecule has 2 aromatic carbocycles. The highest BCUT2D eigenvalue weighted by molar-refractivity contribution is 14.1. The molecule has 0 radical (unpaired) electrons. The van der Waals surface area contributed by atoms with Gasteiger partial charge in [-0.05, 0) is 99.6 Å². The lowest BCUT2D eigenvalue weighted by atomic mass is 10.2. The molecule has 4 nitrogen and oxygen atoms in total. The van der Waals surface area contributed by atoms with E-state index in [4.69, 9.17) is 5.11 Å². The zero-order chi connectivity index (χ0) is 15.4. The molecule has 2 N–H and O–H groups in total. The molecular formula is C15H12I2N2O2. The van der Waals surface area contributed by atoms with E-state index < -0.39 is 5.97 Å². The Labute approximate surface area is 149 Å². The minimum Gasteiger partial charge on any atom is -0.478 e. The molecule has 0 aliphatic carbocycles. The average Bonchev–Trinajstić information content (AvgIpc) is 2.45. The third-order valence-electron chi connectivity index (χ3n) is 2.84. The van der Waals surface area contributed by atoms with E-state index in [1.165, 1.54) is 24.8 Å². The molecule has 0 atom stereocenters. The van der Waals surface area contributed by atoms with Crippen LogP contribution in [0.1, 0.15) is 21.5 Å². The summed E-state index contributed by atoms with van der Waals surface area (Å²) in [5.74, 6) is -0.936. The fourth-order valence-electron chi connectivity index (χ4n) is 1.61. The van der Waals surface area contributed by atoms with Crippen LogP contribution in [-0.2, 0) is 0 Å². The quantitative estimate of drug-likeness (QED) is 0.369. The molecule has 108 valence electrons. The molecule has 21 heavy (non-hydrogen) atoms. The van der Waals surface area contributed by atoms with E-state index in [2.05, 4.69) is 74.8 Å². The van der Waals surface area contributed by atoms with E-state index in [0.29, 0.717) is 0 Å². The van der Waals surface area contributed by atoms with E-state index in [-0.39, 0.29) is 5.56 Å². The lowest BCUT2D eigenvalue weighted by molar-refractivity contribution is 0.0697. The molecule has 0 aliphatic heterocycles. The van der Waals surface area contributed by atoms with E-state index in [0.717, 1.165) is 11.3 Å². The fourth-order valence-corrected chi connectivity index (χ4v) is 3.42. The van der Waals surface area contributed by atoms with Gasteiger partial charge in [-0.25, -0.2) is 4.79 Å². The zero-order valence-corrected chi connectivity index (χ0v) is 15.4. The summed E-state index contributed by atoms with van der Waals surface area (Å²) in [6.45, 7) is 2.09. The lowest BCUT2D eigenvalue weighted by Crippen LogP contribution is -1.97. The number of carbonyl (C=O) groups is 1. The Morgan fingerprint density at radius 3 is 2.29 bits per heavy atom. The van der Waals surface area contributed by atoms with Crippen LogP contribution < -0.4 is 5.43 Å². The normalized spacial score (nSPS) is 10.8. The number of hydrogen-bond donors (Lipinski definition) is 2. The van der Waals surface area contributed by atoms with E-state index in [9.17, 15) is 4.79 Å². The lowest BCUT2D eigenvalue weighted by Gasteiger charge is -2.04. The van der Waals surface area contributed by atoms with Crippen LogP contribution in [0.5, 0.6) is 0 Å². The fraction of sp³-hybridized carbons (Fsp3) is 0.0667. The van der Waals surface area contributed by atoms with Crippen LogP contribution in [0.15, 0.2) is 41.5 Å². The number of rotatable bonds is 4. The Bertz CT molecular complexity index is 674. The topological polar surface area (TPSA) is 61.7 Å². The van der Waals surface area contributed by atoms with E-state index in [1.54, 1.807) is 18.3 Å². The molecule has 2 rings (SSSR count). The summed E-state index contributed by atoms with van der Waals surface area (Å²) in [7, 11) is 0. The van der Waals surface area contributed by atoms with Crippen molar-refractivity contribution in [1.82, 2.24) is 0 Å². The number of aromatic carboxylic acids is 1. The van der Waals surface area contributed by atoms with Gasteiger partial charge in [0.25, 0.3) is 0 Å². The van der Waals surface area contributed by atoms with Crippen LogP contribution in [0.4, 0.5) is 5.69 Å². The minimum atomic E-state index is -0.936. The second-order valence-electron chi connectivity index (χ2n) is 4.36. The molecule has 0 aromatic heterocycles. The first-order chi connectivity index (χ1) is 9.97. The van der Waals surface area contributed by atoms with Gasteiger partial charge in [0.1, 0.15) is 0 Å². The molecule has 6 heteroatoms. The molecule has 0 saturated carbocycles. The second kappa shape index (κ2) is 7.21. The number of anilines is 1. The Balaban J connectivity index is 2.07. The van der Waals surface area contributed by atoms with Crippen molar-refractivity contribution in [2.45, 2.75) is 6.92 Å². The van der Waals surface area contributed by atoms with Gasteiger partial charge in [-0.3, -0.25) is 5.43 Å². The first kappa shape index (κ1) is 16.2. The molecule has 0 amide bonds. The van der Waals surface area contributed by atoms with Gasteiger partial charge in [-0.2, -0.15) is 5.10 Å². The Morgan fingerprint density at radius 1 is 1.19 bits per heavy atom. The molecule has 0 fully saturated rings.